The third-order valence-corrected chi connectivity index (χ3v) is 5.03. The van der Waals surface area contributed by atoms with Gasteiger partial charge in [-0.05, 0) is 24.3 Å². The maximum absolute atomic E-state index is 12.4. The summed E-state index contributed by atoms with van der Waals surface area (Å²) in [5.74, 6) is 0.843. The first kappa shape index (κ1) is 19.1. The fraction of sp³-hybridized carbons (Fsp3) is 0.500. The average Bonchev–Trinajstić information content (AvgIpc) is 3.15. The molecule has 27 heavy (non-hydrogen) atoms. The van der Waals surface area contributed by atoms with Crippen LogP contribution in [0.3, 0.4) is 0 Å². The Labute approximate surface area is 158 Å². The van der Waals surface area contributed by atoms with E-state index in [1.54, 1.807) is 4.90 Å². The first-order valence-corrected chi connectivity index (χ1v) is 9.44. The van der Waals surface area contributed by atoms with Crippen LogP contribution in [0.25, 0.3) is 11.4 Å². The molecule has 1 fully saturated rings. The lowest BCUT2D eigenvalue weighted by Gasteiger charge is -2.31. The summed E-state index contributed by atoms with van der Waals surface area (Å²) >= 11 is 0. The monoisotopic (exact) mass is 370 g/mol. The number of piperidine rings is 1. The Morgan fingerprint density at radius 3 is 2.70 bits per heavy atom. The highest BCUT2D eigenvalue weighted by Crippen LogP contribution is 2.21. The van der Waals surface area contributed by atoms with Crippen molar-refractivity contribution in [2.75, 3.05) is 13.1 Å². The molecule has 2 amide bonds. The van der Waals surface area contributed by atoms with Crippen LogP contribution in [0.5, 0.6) is 0 Å². The number of carbonyl (C=O) groups excluding carboxylic acids is 2. The van der Waals surface area contributed by atoms with Gasteiger partial charge in [0.1, 0.15) is 0 Å². The van der Waals surface area contributed by atoms with E-state index < -0.39 is 0 Å². The molecule has 1 aliphatic rings. The normalized spacial score (nSPS) is 17.3. The highest BCUT2D eigenvalue weighted by atomic mass is 16.5. The standard InChI is InChI=1S/C20H26N4O3/c1-13(2)14-5-7-15(8-6-14)20-22-17(27-23-20)9-10-18(25)24-11-3-4-16(12-24)19(21)26/h5-8,13,16H,3-4,9-12H2,1-2H3,(H2,21,26). The van der Waals surface area contributed by atoms with Crippen LogP contribution in [-0.2, 0) is 16.0 Å². The van der Waals surface area contributed by atoms with Gasteiger partial charge in [-0.1, -0.05) is 43.3 Å². The molecule has 1 atom stereocenters. The van der Waals surface area contributed by atoms with Crippen LogP contribution in [0, 0.1) is 5.92 Å². The number of amides is 2. The number of hydrogen-bond donors (Lipinski definition) is 1. The number of nitrogens with two attached hydrogens (primary N) is 1. The van der Waals surface area contributed by atoms with E-state index in [9.17, 15) is 9.59 Å². The van der Waals surface area contributed by atoms with Crippen molar-refractivity contribution < 1.29 is 14.1 Å². The average molecular weight is 370 g/mol. The van der Waals surface area contributed by atoms with E-state index in [4.69, 9.17) is 10.3 Å². The number of benzene rings is 1. The Hall–Kier alpha value is -2.70. The van der Waals surface area contributed by atoms with Crippen LogP contribution < -0.4 is 5.73 Å². The maximum atomic E-state index is 12.4. The summed E-state index contributed by atoms with van der Waals surface area (Å²) in [5, 5.41) is 4.01. The predicted octanol–water partition coefficient (Wildman–Crippen LogP) is 2.52. The first-order chi connectivity index (χ1) is 12.9. The van der Waals surface area contributed by atoms with Crippen LogP contribution in [-0.4, -0.2) is 39.9 Å². The van der Waals surface area contributed by atoms with E-state index >= 15 is 0 Å². The van der Waals surface area contributed by atoms with Gasteiger partial charge in [0.25, 0.3) is 0 Å². The highest BCUT2D eigenvalue weighted by Gasteiger charge is 2.27. The number of primary amides is 1. The molecule has 1 aromatic carbocycles. The third kappa shape index (κ3) is 4.72. The summed E-state index contributed by atoms with van der Waals surface area (Å²) in [6.45, 7) is 5.37. The Morgan fingerprint density at radius 1 is 1.30 bits per heavy atom. The van der Waals surface area contributed by atoms with Gasteiger partial charge in [-0.15, -0.1) is 0 Å². The maximum Gasteiger partial charge on any atom is 0.227 e. The lowest BCUT2D eigenvalue weighted by atomic mass is 9.97. The van der Waals surface area contributed by atoms with Gasteiger partial charge in [-0.3, -0.25) is 9.59 Å². The van der Waals surface area contributed by atoms with Gasteiger partial charge < -0.3 is 15.2 Å². The quantitative estimate of drug-likeness (QED) is 0.842. The lowest BCUT2D eigenvalue weighted by molar-refractivity contribution is -0.135. The molecule has 1 aromatic heterocycles. The van der Waals surface area contributed by atoms with Crippen molar-refractivity contribution >= 4 is 11.8 Å². The number of nitrogens with zero attached hydrogens (tertiary/aromatic N) is 3. The number of carbonyl (C=O) groups is 2. The van der Waals surface area contributed by atoms with Crippen LogP contribution in [0.15, 0.2) is 28.8 Å². The molecular formula is C20H26N4O3. The minimum absolute atomic E-state index is 0.0120. The van der Waals surface area contributed by atoms with Crippen LogP contribution >= 0.6 is 0 Å². The fourth-order valence-corrected chi connectivity index (χ4v) is 3.30. The molecule has 3 rings (SSSR count). The molecule has 0 aliphatic carbocycles. The van der Waals surface area contributed by atoms with Gasteiger partial charge in [0, 0.05) is 31.5 Å². The van der Waals surface area contributed by atoms with Gasteiger partial charge in [0.2, 0.25) is 23.5 Å². The van der Waals surface area contributed by atoms with Crippen molar-refractivity contribution in [3.8, 4) is 11.4 Å². The van der Waals surface area contributed by atoms with E-state index in [1.807, 2.05) is 12.1 Å². The molecule has 2 aromatic rings. The van der Waals surface area contributed by atoms with Crippen molar-refractivity contribution in [3.63, 3.8) is 0 Å². The molecule has 1 saturated heterocycles. The van der Waals surface area contributed by atoms with Crippen molar-refractivity contribution in [3.05, 3.63) is 35.7 Å². The van der Waals surface area contributed by atoms with E-state index in [2.05, 4.69) is 36.1 Å². The number of likely N-dealkylation sites (tertiary alicyclic amines) is 1. The van der Waals surface area contributed by atoms with Crippen LogP contribution in [0.1, 0.15) is 50.5 Å². The lowest BCUT2D eigenvalue weighted by Crippen LogP contribution is -2.44. The number of hydrogen-bond acceptors (Lipinski definition) is 5. The van der Waals surface area contributed by atoms with E-state index in [-0.39, 0.29) is 24.2 Å². The van der Waals surface area contributed by atoms with E-state index in [0.717, 1.165) is 18.4 Å². The summed E-state index contributed by atoms with van der Waals surface area (Å²) in [6.07, 6.45) is 2.21. The van der Waals surface area contributed by atoms with Crippen LogP contribution in [0.2, 0.25) is 0 Å². The summed E-state index contributed by atoms with van der Waals surface area (Å²) in [7, 11) is 0. The SMILES string of the molecule is CC(C)c1ccc(-c2noc(CCC(=O)N3CCCC(C(N)=O)C3)n2)cc1. The van der Waals surface area contributed by atoms with Gasteiger partial charge >= 0.3 is 0 Å². The van der Waals surface area contributed by atoms with E-state index in [1.165, 1.54) is 5.56 Å². The summed E-state index contributed by atoms with van der Waals surface area (Å²) in [5.41, 5.74) is 7.51. The molecule has 0 bridgehead atoms. The Kier molecular flexibility index (Phi) is 5.88. The van der Waals surface area contributed by atoms with Crippen molar-refractivity contribution in [2.24, 2.45) is 11.7 Å². The molecule has 7 heteroatoms. The number of aryl methyl sites for hydroxylation is 1. The predicted molar refractivity (Wildman–Crippen MR) is 101 cm³/mol. The van der Waals surface area contributed by atoms with Crippen LogP contribution in [0.4, 0.5) is 0 Å². The number of rotatable bonds is 6. The van der Waals surface area contributed by atoms with Crippen molar-refractivity contribution in [1.29, 1.82) is 0 Å². The summed E-state index contributed by atoms with van der Waals surface area (Å²) in [4.78, 5) is 29.9. The second kappa shape index (κ2) is 8.33. The molecule has 7 nitrogen and oxygen atoms in total. The highest BCUT2D eigenvalue weighted by molar-refractivity contribution is 5.80. The summed E-state index contributed by atoms with van der Waals surface area (Å²) < 4.78 is 5.29. The second-order valence-corrected chi connectivity index (χ2v) is 7.37. The Morgan fingerprint density at radius 2 is 2.04 bits per heavy atom. The zero-order valence-electron chi connectivity index (χ0n) is 15.9. The van der Waals surface area contributed by atoms with Crippen molar-refractivity contribution in [1.82, 2.24) is 15.0 Å². The Bertz CT molecular complexity index is 798. The molecule has 0 saturated carbocycles. The smallest absolute Gasteiger partial charge is 0.227 e. The second-order valence-electron chi connectivity index (χ2n) is 7.37. The largest absolute Gasteiger partial charge is 0.369 e. The first-order valence-electron chi connectivity index (χ1n) is 9.44. The van der Waals surface area contributed by atoms with E-state index in [0.29, 0.717) is 37.1 Å². The number of aromatic nitrogens is 2. The van der Waals surface area contributed by atoms with Gasteiger partial charge in [-0.25, -0.2) is 0 Å². The molecule has 0 spiro atoms. The molecule has 0 radical (unpaired) electrons. The zero-order chi connectivity index (χ0) is 19.4. The minimum Gasteiger partial charge on any atom is -0.369 e. The molecule has 2 N–H and O–H groups in total. The fourth-order valence-electron chi connectivity index (χ4n) is 3.30. The van der Waals surface area contributed by atoms with Gasteiger partial charge in [0.05, 0.1) is 5.92 Å². The summed E-state index contributed by atoms with van der Waals surface area (Å²) in [6, 6.07) is 8.08. The molecule has 1 unspecified atom stereocenters. The van der Waals surface area contributed by atoms with Crippen molar-refractivity contribution in [2.45, 2.75) is 45.4 Å². The zero-order valence-corrected chi connectivity index (χ0v) is 15.9. The molecular weight excluding hydrogens is 344 g/mol. The molecule has 144 valence electrons. The van der Waals surface area contributed by atoms with Gasteiger partial charge in [0.15, 0.2) is 0 Å². The Balaban J connectivity index is 1.56. The molecule has 2 heterocycles. The third-order valence-electron chi connectivity index (χ3n) is 5.03. The molecule has 1 aliphatic heterocycles. The minimum atomic E-state index is -0.336. The topological polar surface area (TPSA) is 102 Å². The van der Waals surface area contributed by atoms with Gasteiger partial charge in [-0.2, -0.15) is 4.98 Å².